The molecule has 5 rings (SSSR count). The first-order valence-electron chi connectivity index (χ1n) is 11.0. The quantitative estimate of drug-likeness (QED) is 0.461. The van der Waals surface area contributed by atoms with Gasteiger partial charge in [0.15, 0.2) is 0 Å². The van der Waals surface area contributed by atoms with Crippen molar-refractivity contribution < 1.29 is 4.74 Å². The molecule has 3 aromatic carbocycles. The maximum atomic E-state index is 6.00. The number of para-hydroxylation sites is 1. The zero-order valence-electron chi connectivity index (χ0n) is 17.7. The van der Waals surface area contributed by atoms with Gasteiger partial charge in [0.1, 0.15) is 12.4 Å². The predicted octanol–water partition coefficient (Wildman–Crippen LogP) is 7.22. The molecule has 2 aliphatic rings. The van der Waals surface area contributed by atoms with Gasteiger partial charge in [0.2, 0.25) is 0 Å². The molecule has 0 aromatic heterocycles. The largest absolute Gasteiger partial charge is 0.489 e. The molecule has 0 saturated carbocycles. The van der Waals surface area contributed by atoms with E-state index in [-0.39, 0.29) is 0 Å². The normalized spacial score (nSPS) is 21.8. The third-order valence-corrected chi connectivity index (χ3v) is 6.54. The highest BCUT2D eigenvalue weighted by atomic mass is 16.5. The van der Waals surface area contributed by atoms with E-state index in [9.17, 15) is 0 Å². The number of ether oxygens (including phenoxy) is 1. The Morgan fingerprint density at radius 2 is 1.73 bits per heavy atom. The first-order chi connectivity index (χ1) is 14.7. The zero-order chi connectivity index (χ0) is 20.5. The van der Waals surface area contributed by atoms with E-state index in [0.717, 1.165) is 12.2 Å². The summed E-state index contributed by atoms with van der Waals surface area (Å²) in [5.41, 5.74) is 6.74. The number of benzene rings is 3. The second-order valence-electron chi connectivity index (χ2n) is 8.78. The number of hydrogen-bond acceptors (Lipinski definition) is 2. The van der Waals surface area contributed by atoms with E-state index in [0.29, 0.717) is 30.4 Å². The molecule has 3 unspecified atom stereocenters. The lowest BCUT2D eigenvalue weighted by molar-refractivity contribution is 0.306. The Balaban J connectivity index is 1.39. The summed E-state index contributed by atoms with van der Waals surface area (Å²) < 4.78 is 6.00. The van der Waals surface area contributed by atoms with Gasteiger partial charge in [-0.1, -0.05) is 86.7 Å². The molecule has 2 nitrogen and oxygen atoms in total. The fraction of sp³-hybridized carbons (Fsp3) is 0.286. The number of allylic oxidation sites excluding steroid dienone is 2. The van der Waals surface area contributed by atoms with Crippen molar-refractivity contribution in [3.8, 4) is 5.75 Å². The maximum absolute atomic E-state index is 6.00. The van der Waals surface area contributed by atoms with Gasteiger partial charge in [-0.15, -0.1) is 0 Å². The standard InChI is InChI=1S/C28H29NO/c1-19(2)23-10-6-13-26-24-11-7-12-25(24)27(29-28(23)26)21-14-16-22(17-15-21)30-18-20-8-4-3-5-9-20/h3-11,13-17,19,24-25,27,29H,12,18H2,1-2H3. The van der Waals surface area contributed by atoms with Crippen molar-refractivity contribution in [2.24, 2.45) is 5.92 Å². The molecular formula is C28H29NO. The summed E-state index contributed by atoms with van der Waals surface area (Å²) in [6.07, 6.45) is 5.90. The highest BCUT2D eigenvalue weighted by molar-refractivity contribution is 5.65. The Morgan fingerprint density at radius 1 is 0.933 bits per heavy atom. The summed E-state index contributed by atoms with van der Waals surface area (Å²) in [6, 6.07) is 26.1. The third-order valence-electron chi connectivity index (χ3n) is 6.54. The molecule has 1 N–H and O–H groups in total. The molecule has 0 saturated heterocycles. The Labute approximate surface area is 179 Å². The number of rotatable bonds is 5. The van der Waals surface area contributed by atoms with Crippen LogP contribution in [0, 0.1) is 5.92 Å². The fourth-order valence-corrected chi connectivity index (χ4v) is 4.97. The van der Waals surface area contributed by atoms with Crippen LogP contribution in [0.25, 0.3) is 0 Å². The number of nitrogens with one attached hydrogen (secondary N) is 1. The van der Waals surface area contributed by atoms with Crippen molar-refractivity contribution in [1.29, 1.82) is 0 Å². The van der Waals surface area contributed by atoms with Gasteiger partial charge in [-0.3, -0.25) is 0 Å². The molecule has 30 heavy (non-hydrogen) atoms. The van der Waals surface area contributed by atoms with E-state index in [1.165, 1.54) is 27.9 Å². The van der Waals surface area contributed by atoms with Gasteiger partial charge in [0.25, 0.3) is 0 Å². The van der Waals surface area contributed by atoms with Gasteiger partial charge in [-0.25, -0.2) is 0 Å². The topological polar surface area (TPSA) is 21.3 Å². The molecule has 0 amide bonds. The summed E-state index contributed by atoms with van der Waals surface area (Å²) >= 11 is 0. The highest BCUT2D eigenvalue weighted by Gasteiger charge is 2.38. The Kier molecular flexibility index (Phi) is 5.08. The molecule has 0 bridgehead atoms. The monoisotopic (exact) mass is 395 g/mol. The van der Waals surface area contributed by atoms with Crippen molar-refractivity contribution in [3.05, 3.63) is 107 Å². The average molecular weight is 396 g/mol. The minimum atomic E-state index is 0.320. The Bertz CT molecular complexity index is 1040. The number of fused-ring (bicyclic) bond motifs is 3. The first kappa shape index (κ1) is 19.0. The SMILES string of the molecule is CC(C)c1cccc2c1NC(c1ccc(OCc3ccccc3)cc1)C1CC=CC21. The molecular weight excluding hydrogens is 366 g/mol. The zero-order valence-corrected chi connectivity index (χ0v) is 17.7. The van der Waals surface area contributed by atoms with Gasteiger partial charge in [-0.05, 0) is 52.6 Å². The lowest BCUT2D eigenvalue weighted by Gasteiger charge is -2.39. The average Bonchev–Trinajstić information content (AvgIpc) is 3.28. The Morgan fingerprint density at radius 3 is 2.50 bits per heavy atom. The van der Waals surface area contributed by atoms with Crippen LogP contribution in [0.2, 0.25) is 0 Å². The maximum Gasteiger partial charge on any atom is 0.119 e. The van der Waals surface area contributed by atoms with Crippen molar-refractivity contribution in [2.75, 3.05) is 5.32 Å². The number of hydrogen-bond donors (Lipinski definition) is 1. The van der Waals surface area contributed by atoms with Gasteiger partial charge in [0, 0.05) is 11.6 Å². The molecule has 3 aromatic rings. The lowest BCUT2D eigenvalue weighted by atomic mass is 9.75. The third kappa shape index (κ3) is 3.52. The second kappa shape index (κ2) is 8.02. The van der Waals surface area contributed by atoms with Gasteiger partial charge < -0.3 is 10.1 Å². The van der Waals surface area contributed by atoms with Crippen molar-refractivity contribution >= 4 is 5.69 Å². The fourth-order valence-electron chi connectivity index (χ4n) is 4.97. The minimum Gasteiger partial charge on any atom is -0.489 e. The smallest absolute Gasteiger partial charge is 0.119 e. The van der Waals surface area contributed by atoms with E-state index in [1.807, 2.05) is 18.2 Å². The summed E-state index contributed by atoms with van der Waals surface area (Å²) in [6.45, 7) is 5.16. The molecule has 3 atom stereocenters. The van der Waals surface area contributed by atoms with E-state index in [2.05, 4.69) is 85.9 Å². The van der Waals surface area contributed by atoms with Crippen molar-refractivity contribution in [3.63, 3.8) is 0 Å². The van der Waals surface area contributed by atoms with E-state index in [4.69, 9.17) is 4.74 Å². The van der Waals surface area contributed by atoms with Crippen LogP contribution in [0.4, 0.5) is 5.69 Å². The van der Waals surface area contributed by atoms with Crippen LogP contribution in [-0.2, 0) is 6.61 Å². The molecule has 152 valence electrons. The van der Waals surface area contributed by atoms with Crippen LogP contribution in [0.1, 0.15) is 60.4 Å². The molecule has 0 fully saturated rings. The van der Waals surface area contributed by atoms with Crippen LogP contribution in [0.3, 0.4) is 0 Å². The first-order valence-corrected chi connectivity index (χ1v) is 11.0. The summed E-state index contributed by atoms with van der Waals surface area (Å²) in [5.74, 6) is 2.49. The van der Waals surface area contributed by atoms with E-state index in [1.54, 1.807) is 0 Å². The second-order valence-corrected chi connectivity index (χ2v) is 8.78. The minimum absolute atomic E-state index is 0.320. The molecule has 1 aliphatic heterocycles. The van der Waals surface area contributed by atoms with Crippen LogP contribution >= 0.6 is 0 Å². The van der Waals surface area contributed by atoms with Crippen LogP contribution in [-0.4, -0.2) is 0 Å². The van der Waals surface area contributed by atoms with Gasteiger partial charge >= 0.3 is 0 Å². The van der Waals surface area contributed by atoms with Crippen LogP contribution in [0.5, 0.6) is 5.75 Å². The summed E-state index contributed by atoms with van der Waals surface area (Å²) in [5, 5.41) is 3.93. The molecule has 0 spiro atoms. The molecule has 0 radical (unpaired) electrons. The number of anilines is 1. The van der Waals surface area contributed by atoms with E-state index < -0.39 is 0 Å². The highest BCUT2D eigenvalue weighted by Crippen LogP contribution is 2.51. The van der Waals surface area contributed by atoms with Crippen LogP contribution < -0.4 is 10.1 Å². The Hall–Kier alpha value is -3.00. The molecule has 1 heterocycles. The summed E-state index contributed by atoms with van der Waals surface area (Å²) in [4.78, 5) is 0. The molecule has 2 heteroatoms. The van der Waals surface area contributed by atoms with Gasteiger partial charge in [0.05, 0.1) is 6.04 Å². The van der Waals surface area contributed by atoms with E-state index >= 15 is 0 Å². The lowest BCUT2D eigenvalue weighted by Crippen LogP contribution is -2.29. The van der Waals surface area contributed by atoms with Gasteiger partial charge in [-0.2, -0.15) is 0 Å². The predicted molar refractivity (Wildman–Crippen MR) is 124 cm³/mol. The van der Waals surface area contributed by atoms with Crippen molar-refractivity contribution in [2.45, 2.75) is 44.8 Å². The molecule has 1 aliphatic carbocycles. The van der Waals surface area contributed by atoms with Crippen molar-refractivity contribution in [1.82, 2.24) is 0 Å². The van der Waals surface area contributed by atoms with Crippen LogP contribution in [0.15, 0.2) is 84.9 Å². The summed E-state index contributed by atoms with van der Waals surface area (Å²) in [7, 11) is 0.